The number of nitrogens with zero attached hydrogens (tertiary/aromatic N) is 1. The molecule has 1 aliphatic rings. The Hall–Kier alpha value is -2.04. The van der Waals surface area contributed by atoms with Gasteiger partial charge in [-0.05, 0) is 19.1 Å². The zero-order chi connectivity index (χ0) is 11.0. The number of fused-ring (bicyclic) bond motifs is 1. The molecule has 1 aromatic carbocycles. The van der Waals surface area contributed by atoms with Crippen molar-refractivity contribution in [1.82, 2.24) is 0 Å². The van der Waals surface area contributed by atoms with Crippen molar-refractivity contribution in [2.24, 2.45) is 5.73 Å². The third-order valence-electron chi connectivity index (χ3n) is 2.26. The number of nitrogens with two attached hydrogens (primary N) is 1. The van der Waals surface area contributed by atoms with Crippen molar-refractivity contribution in [3.8, 4) is 5.75 Å². The van der Waals surface area contributed by atoms with Crippen molar-refractivity contribution in [1.29, 1.82) is 0 Å². The van der Waals surface area contributed by atoms with Crippen LogP contribution in [-0.4, -0.2) is 11.5 Å². The maximum Gasteiger partial charge on any atom is 0.302 e. The molecule has 15 heavy (non-hydrogen) atoms. The van der Waals surface area contributed by atoms with Gasteiger partial charge in [-0.1, -0.05) is 11.6 Å². The molecule has 0 fully saturated rings. The van der Waals surface area contributed by atoms with Gasteiger partial charge in [0.1, 0.15) is 18.1 Å². The third kappa shape index (κ3) is 1.52. The van der Waals surface area contributed by atoms with Crippen molar-refractivity contribution in [2.75, 3.05) is 6.61 Å². The summed E-state index contributed by atoms with van der Waals surface area (Å²) < 4.78 is 5.28. The number of rotatable bonds is 1. The van der Waals surface area contributed by atoms with Gasteiger partial charge in [-0.15, -0.1) is 0 Å². The van der Waals surface area contributed by atoms with E-state index in [-0.39, 0.29) is 18.0 Å². The van der Waals surface area contributed by atoms with Gasteiger partial charge in [0.05, 0.1) is 10.5 Å². The lowest BCUT2D eigenvalue weighted by molar-refractivity contribution is -0.377. The first-order valence-electron chi connectivity index (χ1n) is 4.46. The summed E-state index contributed by atoms with van der Waals surface area (Å²) in [6.45, 7) is 1.94. The molecule has 78 valence electrons. The maximum absolute atomic E-state index is 10.9. The van der Waals surface area contributed by atoms with Crippen LogP contribution in [0.4, 0.5) is 0 Å². The van der Waals surface area contributed by atoms with E-state index in [0.29, 0.717) is 11.3 Å². The fraction of sp³-hybridized carbons (Fsp3) is 0.200. The lowest BCUT2D eigenvalue weighted by atomic mass is 10.0. The van der Waals surface area contributed by atoms with Gasteiger partial charge in [0.25, 0.3) is 0 Å². The van der Waals surface area contributed by atoms with E-state index in [1.807, 2.05) is 13.0 Å². The first kappa shape index (κ1) is 9.51. The molecule has 0 saturated carbocycles. The summed E-state index contributed by atoms with van der Waals surface area (Å²) in [4.78, 5) is 10.4. The zero-order valence-electron chi connectivity index (χ0n) is 8.19. The summed E-state index contributed by atoms with van der Waals surface area (Å²) in [7, 11) is 0. The fourth-order valence-electron chi connectivity index (χ4n) is 1.57. The summed E-state index contributed by atoms with van der Waals surface area (Å²) in [5.41, 5.74) is 7.08. The molecular formula is C10H10N2O3. The molecule has 5 nitrogen and oxygen atoms in total. The van der Waals surface area contributed by atoms with Crippen LogP contribution >= 0.6 is 0 Å². The topological polar surface area (TPSA) is 78.4 Å². The highest BCUT2D eigenvalue weighted by atomic mass is 16.6. The second-order valence-electron chi connectivity index (χ2n) is 3.42. The van der Waals surface area contributed by atoms with Crippen molar-refractivity contribution in [2.45, 2.75) is 6.92 Å². The molecule has 0 atom stereocenters. The molecule has 0 amide bonds. The number of hydrogen-bond donors (Lipinski definition) is 1. The highest BCUT2D eigenvalue weighted by Gasteiger charge is 2.27. The first-order valence-corrected chi connectivity index (χ1v) is 4.46. The van der Waals surface area contributed by atoms with E-state index in [2.05, 4.69) is 0 Å². The Labute approximate surface area is 86.3 Å². The third-order valence-corrected chi connectivity index (χ3v) is 2.26. The van der Waals surface area contributed by atoms with Gasteiger partial charge < -0.3 is 10.5 Å². The lowest BCUT2D eigenvalue weighted by Crippen LogP contribution is -2.20. The molecular weight excluding hydrogens is 196 g/mol. The Morgan fingerprint density at radius 1 is 1.53 bits per heavy atom. The van der Waals surface area contributed by atoms with E-state index in [9.17, 15) is 10.1 Å². The molecule has 0 saturated heterocycles. The van der Waals surface area contributed by atoms with Crippen molar-refractivity contribution in [3.63, 3.8) is 0 Å². The first-order chi connectivity index (χ1) is 7.09. The fourth-order valence-corrected chi connectivity index (χ4v) is 1.57. The van der Waals surface area contributed by atoms with Crippen molar-refractivity contribution < 1.29 is 9.66 Å². The predicted molar refractivity (Wildman–Crippen MR) is 54.8 cm³/mol. The minimum absolute atomic E-state index is 0.0417. The van der Waals surface area contributed by atoms with E-state index in [0.717, 1.165) is 5.56 Å². The Bertz CT molecular complexity index is 466. The van der Waals surface area contributed by atoms with Gasteiger partial charge in [0.2, 0.25) is 0 Å². The van der Waals surface area contributed by atoms with Gasteiger partial charge in [0.15, 0.2) is 0 Å². The number of hydrogen-bond acceptors (Lipinski definition) is 4. The van der Waals surface area contributed by atoms with Gasteiger partial charge >= 0.3 is 5.70 Å². The van der Waals surface area contributed by atoms with E-state index in [1.54, 1.807) is 12.1 Å². The van der Waals surface area contributed by atoms with Gasteiger partial charge in [-0.2, -0.15) is 0 Å². The van der Waals surface area contributed by atoms with Crippen LogP contribution in [0, 0.1) is 17.0 Å². The standard InChI is InChI=1S/C10H10N2O3/c1-6-2-3-9-7(4-6)10(12(13)14)8(11)5-15-9/h2-4H,5,11H2,1H3. The molecule has 1 heterocycles. The van der Waals surface area contributed by atoms with Gasteiger partial charge in [-0.3, -0.25) is 10.1 Å². The second kappa shape index (κ2) is 3.27. The monoisotopic (exact) mass is 206 g/mol. The molecule has 1 aromatic rings. The predicted octanol–water partition coefficient (Wildman–Crippen LogP) is 1.29. The molecule has 0 radical (unpaired) electrons. The number of aryl methyl sites for hydroxylation is 1. The second-order valence-corrected chi connectivity index (χ2v) is 3.42. The summed E-state index contributed by atoms with van der Waals surface area (Å²) in [6, 6.07) is 5.28. The molecule has 0 unspecified atom stereocenters. The minimum Gasteiger partial charge on any atom is -0.486 e. The van der Waals surface area contributed by atoms with Crippen LogP contribution in [0.5, 0.6) is 5.75 Å². The van der Waals surface area contributed by atoms with Gasteiger partial charge in [0, 0.05) is 0 Å². The Morgan fingerprint density at radius 3 is 2.93 bits per heavy atom. The van der Waals surface area contributed by atoms with Gasteiger partial charge in [-0.25, -0.2) is 0 Å². The van der Waals surface area contributed by atoms with Crippen LogP contribution in [0.25, 0.3) is 5.70 Å². The molecule has 0 spiro atoms. The number of ether oxygens (including phenoxy) is 1. The maximum atomic E-state index is 10.9. The van der Waals surface area contributed by atoms with E-state index in [4.69, 9.17) is 10.5 Å². The van der Waals surface area contributed by atoms with E-state index < -0.39 is 4.92 Å². The number of benzene rings is 1. The quantitative estimate of drug-likeness (QED) is 0.554. The highest BCUT2D eigenvalue weighted by molar-refractivity contribution is 5.69. The van der Waals surface area contributed by atoms with Crippen LogP contribution in [-0.2, 0) is 0 Å². The summed E-state index contributed by atoms with van der Waals surface area (Å²) >= 11 is 0. The van der Waals surface area contributed by atoms with E-state index in [1.165, 1.54) is 0 Å². The summed E-state index contributed by atoms with van der Waals surface area (Å²) in [6.07, 6.45) is 0. The average molecular weight is 206 g/mol. The molecule has 0 bridgehead atoms. The molecule has 0 aromatic heterocycles. The van der Waals surface area contributed by atoms with Crippen LogP contribution < -0.4 is 10.5 Å². The summed E-state index contributed by atoms with van der Waals surface area (Å²) in [5, 5.41) is 10.9. The normalized spacial score (nSPS) is 14.5. The molecule has 2 rings (SSSR count). The van der Waals surface area contributed by atoms with Crippen LogP contribution in [0.15, 0.2) is 23.9 Å². The lowest BCUT2D eigenvalue weighted by Gasteiger charge is -2.16. The minimum atomic E-state index is -0.462. The smallest absolute Gasteiger partial charge is 0.302 e. The van der Waals surface area contributed by atoms with E-state index >= 15 is 0 Å². The molecule has 0 aliphatic carbocycles. The van der Waals surface area contributed by atoms with Crippen molar-refractivity contribution in [3.05, 3.63) is 45.1 Å². The van der Waals surface area contributed by atoms with Crippen LogP contribution in [0.1, 0.15) is 11.1 Å². The average Bonchev–Trinajstić information content (AvgIpc) is 2.16. The Kier molecular flexibility index (Phi) is 2.07. The summed E-state index contributed by atoms with van der Waals surface area (Å²) in [5.74, 6) is 0.515. The highest BCUT2D eigenvalue weighted by Crippen LogP contribution is 2.32. The molecule has 5 heteroatoms. The SMILES string of the molecule is Cc1ccc2c(c1)C([N+](=O)[O-])=C(N)CO2. The largest absolute Gasteiger partial charge is 0.486 e. The molecule has 2 N–H and O–H groups in total. The Morgan fingerprint density at radius 2 is 2.27 bits per heavy atom. The zero-order valence-corrected chi connectivity index (χ0v) is 8.19. The molecule has 1 aliphatic heterocycles. The van der Waals surface area contributed by atoms with Crippen LogP contribution in [0.3, 0.4) is 0 Å². The number of nitro groups is 1. The van der Waals surface area contributed by atoms with Crippen LogP contribution in [0.2, 0.25) is 0 Å². The Balaban J connectivity index is 2.64. The van der Waals surface area contributed by atoms with Crippen molar-refractivity contribution >= 4 is 5.70 Å².